The van der Waals surface area contributed by atoms with E-state index in [0.29, 0.717) is 28.1 Å². The molecule has 1 aromatic heterocycles. The fourth-order valence-corrected chi connectivity index (χ4v) is 4.25. The zero-order valence-corrected chi connectivity index (χ0v) is 18.5. The molecule has 10 nitrogen and oxygen atoms in total. The van der Waals surface area contributed by atoms with Gasteiger partial charge in [0.1, 0.15) is 17.1 Å². The highest BCUT2D eigenvalue weighted by Crippen LogP contribution is 2.34. The Morgan fingerprint density at radius 1 is 1.06 bits per heavy atom. The summed E-state index contributed by atoms with van der Waals surface area (Å²) in [6.07, 6.45) is 0. The van der Waals surface area contributed by atoms with E-state index in [0.717, 1.165) is 0 Å². The van der Waals surface area contributed by atoms with Gasteiger partial charge in [-0.2, -0.15) is 5.26 Å². The minimum atomic E-state index is -4.15. The van der Waals surface area contributed by atoms with Crippen LogP contribution in [0.15, 0.2) is 76.8 Å². The maximum Gasteiger partial charge on any atom is 0.281 e. The number of amides is 1. The quantitative estimate of drug-likeness (QED) is 0.337. The lowest BCUT2D eigenvalue weighted by Crippen LogP contribution is -2.30. The summed E-state index contributed by atoms with van der Waals surface area (Å²) in [5, 5.41) is 15.5. The Morgan fingerprint density at radius 2 is 1.76 bits per heavy atom. The van der Waals surface area contributed by atoms with Gasteiger partial charge in [-0.05, 0) is 71.9 Å². The molecule has 0 unspecified atom stereocenters. The summed E-state index contributed by atoms with van der Waals surface area (Å²) in [5.41, 5.74) is 1.95. The van der Waals surface area contributed by atoms with Crippen molar-refractivity contribution in [2.45, 2.75) is 4.90 Å². The van der Waals surface area contributed by atoms with Crippen molar-refractivity contribution < 1.29 is 17.9 Å². The number of rotatable bonds is 7. The van der Waals surface area contributed by atoms with Crippen molar-refractivity contribution in [3.63, 3.8) is 0 Å². The van der Waals surface area contributed by atoms with Crippen molar-refractivity contribution in [2.75, 3.05) is 12.4 Å². The molecule has 0 fully saturated rings. The third kappa shape index (κ3) is 4.43. The topological polar surface area (TPSA) is 154 Å². The third-order valence-electron chi connectivity index (χ3n) is 5.00. The van der Waals surface area contributed by atoms with Crippen LogP contribution in [-0.4, -0.2) is 26.4 Å². The maximum absolute atomic E-state index is 12.8. The summed E-state index contributed by atoms with van der Waals surface area (Å²) < 4.78 is 32.3. The maximum atomic E-state index is 12.8. The number of nitrogens with zero attached hydrogens (tertiary/aromatic N) is 2. The number of carbonyl (C=O) groups is 1. The zero-order valence-electron chi connectivity index (χ0n) is 17.7. The van der Waals surface area contributed by atoms with Crippen LogP contribution in [0.25, 0.3) is 10.9 Å². The van der Waals surface area contributed by atoms with E-state index in [1.807, 2.05) is 10.8 Å². The van der Waals surface area contributed by atoms with E-state index in [2.05, 4.69) is 15.5 Å². The zero-order chi connectivity index (χ0) is 24.3. The number of hydrogen-bond acceptors (Lipinski definition) is 8. The summed E-state index contributed by atoms with van der Waals surface area (Å²) in [6.45, 7) is 0. The third-order valence-corrected chi connectivity index (χ3v) is 6.35. The molecule has 0 atom stereocenters. The minimum absolute atomic E-state index is 0.0532. The number of sulfonamides is 1. The SMILES string of the molecule is COc1ccc(S(=O)(=O)NC(=O)c2cc3c(Nc4ccc(C#N)cc4)ccc(N=O)c3[nH]2)cc1. The van der Waals surface area contributed by atoms with Crippen molar-refractivity contribution in [2.24, 2.45) is 5.18 Å². The molecule has 1 amide bonds. The standard InChI is InChI=1S/C23H17N5O5S/c1-33-16-6-8-17(9-7-16)34(31,32)28-23(29)21-12-18-19(10-11-20(27-30)22(18)26-21)25-15-4-2-14(13-24)3-5-15/h2-12,25-26H,1H3,(H,28,29). The molecular formula is C23H17N5O5S. The van der Waals surface area contributed by atoms with Crippen molar-refractivity contribution >= 4 is 43.9 Å². The summed E-state index contributed by atoms with van der Waals surface area (Å²) in [7, 11) is -2.70. The molecule has 4 aromatic rings. The number of fused-ring (bicyclic) bond motifs is 1. The van der Waals surface area contributed by atoms with Crippen LogP contribution in [0.2, 0.25) is 0 Å². The Balaban J connectivity index is 1.66. The minimum Gasteiger partial charge on any atom is -0.497 e. The van der Waals surface area contributed by atoms with Gasteiger partial charge in [0.25, 0.3) is 15.9 Å². The smallest absolute Gasteiger partial charge is 0.281 e. The molecule has 0 aliphatic rings. The Kier molecular flexibility index (Phi) is 5.99. The molecule has 1 heterocycles. The number of nitroso groups, excluding NO2 is 1. The number of carbonyl (C=O) groups excluding carboxylic acids is 1. The molecule has 0 aliphatic heterocycles. The van der Waals surface area contributed by atoms with E-state index in [1.54, 1.807) is 30.3 Å². The van der Waals surface area contributed by atoms with Crippen LogP contribution in [0.1, 0.15) is 16.1 Å². The van der Waals surface area contributed by atoms with Gasteiger partial charge >= 0.3 is 0 Å². The van der Waals surface area contributed by atoms with Gasteiger partial charge in [-0.25, -0.2) is 13.1 Å². The van der Waals surface area contributed by atoms with Crippen LogP contribution in [0.5, 0.6) is 5.75 Å². The molecule has 11 heteroatoms. The van der Waals surface area contributed by atoms with Gasteiger partial charge in [0.2, 0.25) is 0 Å². The van der Waals surface area contributed by atoms with Gasteiger partial charge in [0.15, 0.2) is 0 Å². The molecule has 0 radical (unpaired) electrons. The molecule has 0 bridgehead atoms. The van der Waals surface area contributed by atoms with Gasteiger partial charge < -0.3 is 15.0 Å². The molecule has 0 saturated heterocycles. The molecule has 34 heavy (non-hydrogen) atoms. The lowest BCUT2D eigenvalue weighted by molar-refractivity contribution is 0.0977. The van der Waals surface area contributed by atoms with Gasteiger partial charge in [0.05, 0.1) is 29.2 Å². The van der Waals surface area contributed by atoms with E-state index >= 15 is 0 Å². The summed E-state index contributed by atoms with van der Waals surface area (Å²) in [4.78, 5) is 26.7. The first-order valence-electron chi connectivity index (χ1n) is 9.82. The largest absolute Gasteiger partial charge is 0.497 e. The van der Waals surface area contributed by atoms with Crippen LogP contribution in [0.3, 0.4) is 0 Å². The highest BCUT2D eigenvalue weighted by molar-refractivity contribution is 7.90. The average Bonchev–Trinajstić information content (AvgIpc) is 3.31. The number of ether oxygens (including phenoxy) is 1. The first-order chi connectivity index (χ1) is 16.3. The fraction of sp³-hybridized carbons (Fsp3) is 0.0435. The first kappa shape index (κ1) is 22.5. The van der Waals surface area contributed by atoms with Crippen LogP contribution >= 0.6 is 0 Å². The Labute approximate surface area is 194 Å². The number of aromatic nitrogens is 1. The number of anilines is 2. The number of nitriles is 1. The van der Waals surface area contributed by atoms with Crippen LogP contribution in [0.4, 0.5) is 17.1 Å². The number of H-pyrrole nitrogens is 1. The summed E-state index contributed by atoms with van der Waals surface area (Å²) in [5.74, 6) is -0.440. The average molecular weight is 475 g/mol. The molecule has 170 valence electrons. The molecule has 3 N–H and O–H groups in total. The molecule has 0 spiro atoms. The van der Waals surface area contributed by atoms with Crippen LogP contribution in [0, 0.1) is 16.2 Å². The lowest BCUT2D eigenvalue weighted by atomic mass is 10.1. The Bertz CT molecular complexity index is 1540. The second kappa shape index (κ2) is 9.05. The fourth-order valence-electron chi connectivity index (χ4n) is 3.29. The normalized spacial score (nSPS) is 10.9. The van der Waals surface area contributed by atoms with Crippen LogP contribution in [-0.2, 0) is 10.0 Å². The van der Waals surface area contributed by atoms with Gasteiger partial charge in [-0.1, -0.05) is 0 Å². The van der Waals surface area contributed by atoms with Crippen molar-refractivity contribution in [3.05, 3.63) is 82.9 Å². The van der Waals surface area contributed by atoms with E-state index in [-0.39, 0.29) is 21.8 Å². The monoisotopic (exact) mass is 475 g/mol. The number of methoxy groups -OCH3 is 1. The predicted molar refractivity (Wildman–Crippen MR) is 126 cm³/mol. The van der Waals surface area contributed by atoms with Gasteiger partial charge in [-0.15, -0.1) is 4.91 Å². The number of nitrogens with one attached hydrogen (secondary N) is 3. The summed E-state index contributed by atoms with van der Waals surface area (Å²) >= 11 is 0. The van der Waals surface area contributed by atoms with E-state index in [9.17, 15) is 18.1 Å². The Hall–Kier alpha value is -4.69. The number of hydrogen-bond donors (Lipinski definition) is 3. The lowest BCUT2D eigenvalue weighted by Gasteiger charge is -2.08. The van der Waals surface area contributed by atoms with Crippen molar-refractivity contribution in [1.29, 1.82) is 5.26 Å². The molecule has 4 rings (SSSR count). The van der Waals surface area contributed by atoms with E-state index in [4.69, 9.17) is 10.00 Å². The van der Waals surface area contributed by atoms with E-state index < -0.39 is 15.9 Å². The highest BCUT2D eigenvalue weighted by Gasteiger charge is 2.21. The second-order valence-corrected chi connectivity index (χ2v) is 8.80. The Morgan fingerprint density at radius 3 is 2.38 bits per heavy atom. The first-order valence-corrected chi connectivity index (χ1v) is 11.3. The summed E-state index contributed by atoms with van der Waals surface area (Å²) in [6, 6.07) is 18.8. The van der Waals surface area contributed by atoms with Crippen molar-refractivity contribution in [1.82, 2.24) is 9.71 Å². The van der Waals surface area contributed by atoms with Gasteiger partial charge in [0, 0.05) is 16.8 Å². The van der Waals surface area contributed by atoms with Gasteiger partial charge in [-0.3, -0.25) is 4.79 Å². The highest BCUT2D eigenvalue weighted by atomic mass is 32.2. The number of benzene rings is 3. The van der Waals surface area contributed by atoms with Crippen molar-refractivity contribution in [3.8, 4) is 11.8 Å². The molecular weight excluding hydrogens is 458 g/mol. The number of aromatic amines is 1. The molecule has 0 aliphatic carbocycles. The van der Waals surface area contributed by atoms with Crippen LogP contribution < -0.4 is 14.8 Å². The van der Waals surface area contributed by atoms with E-state index in [1.165, 1.54) is 43.5 Å². The second-order valence-electron chi connectivity index (χ2n) is 7.12. The molecule has 0 saturated carbocycles. The predicted octanol–water partition coefficient (Wildman–Crippen LogP) is 4.31. The molecule has 3 aromatic carbocycles.